The minimum atomic E-state index is -0.350. The van der Waals surface area contributed by atoms with E-state index in [1.807, 2.05) is 0 Å². The van der Waals surface area contributed by atoms with Crippen molar-refractivity contribution >= 4 is 16.7 Å². The Morgan fingerprint density at radius 1 is 1.50 bits per heavy atom. The number of nitrogens with one attached hydrogen (secondary N) is 1. The maximum absolute atomic E-state index is 8.73. The summed E-state index contributed by atoms with van der Waals surface area (Å²) < 4.78 is 3.94. The van der Waals surface area contributed by atoms with E-state index in [1.54, 1.807) is 6.92 Å². The van der Waals surface area contributed by atoms with Crippen molar-refractivity contribution in [1.29, 1.82) is 0 Å². The molecule has 0 aliphatic heterocycles. The second-order valence-electron chi connectivity index (χ2n) is 2.35. The number of nitrogens with zero attached hydrogens (tertiary/aromatic N) is 2. The van der Waals surface area contributed by atoms with Crippen LogP contribution in [0.4, 0.5) is 5.13 Å². The highest BCUT2D eigenvalue weighted by molar-refractivity contribution is 7.09. The summed E-state index contributed by atoms with van der Waals surface area (Å²) in [6, 6.07) is -0.350. The molecule has 0 spiro atoms. The Morgan fingerprint density at radius 3 is 2.58 bits per heavy atom. The number of hydrogen-bond donors (Lipinski definition) is 3. The lowest BCUT2D eigenvalue weighted by Crippen LogP contribution is -2.27. The topological polar surface area (TPSA) is 78.3 Å². The van der Waals surface area contributed by atoms with Crippen LogP contribution in [0.2, 0.25) is 0 Å². The Hall–Kier alpha value is -0.720. The molecule has 0 aliphatic rings. The molecule has 0 saturated carbocycles. The molecule has 1 aromatic rings. The average Bonchev–Trinajstić information content (AvgIpc) is 2.47. The number of aromatic nitrogens is 2. The van der Waals surface area contributed by atoms with E-state index in [9.17, 15) is 0 Å². The Kier molecular flexibility index (Phi) is 3.39. The number of aliphatic hydroxyl groups excluding tert-OH is 2. The number of rotatable bonds is 4. The van der Waals surface area contributed by atoms with Crippen molar-refractivity contribution in [1.82, 2.24) is 9.36 Å². The summed E-state index contributed by atoms with van der Waals surface area (Å²) in [5, 5.41) is 20.9. The van der Waals surface area contributed by atoms with Gasteiger partial charge < -0.3 is 15.5 Å². The molecule has 5 nitrogen and oxygen atoms in total. The van der Waals surface area contributed by atoms with E-state index < -0.39 is 0 Å². The molecule has 1 rings (SSSR count). The number of aliphatic hydroxyl groups is 2. The third-order valence-electron chi connectivity index (χ3n) is 1.30. The zero-order valence-electron chi connectivity index (χ0n) is 6.69. The lowest BCUT2D eigenvalue weighted by molar-refractivity contribution is 0.204. The second-order valence-corrected chi connectivity index (χ2v) is 3.10. The minimum absolute atomic E-state index is 0.116. The van der Waals surface area contributed by atoms with Crippen molar-refractivity contribution in [3.8, 4) is 0 Å². The first kappa shape index (κ1) is 9.37. The Morgan fingerprint density at radius 2 is 2.17 bits per heavy atom. The number of hydrogen-bond acceptors (Lipinski definition) is 6. The third kappa shape index (κ3) is 2.40. The van der Waals surface area contributed by atoms with Gasteiger partial charge in [0, 0.05) is 11.5 Å². The Balaban J connectivity index is 2.50. The second kappa shape index (κ2) is 4.34. The minimum Gasteiger partial charge on any atom is -0.394 e. The predicted molar refractivity (Wildman–Crippen MR) is 46.2 cm³/mol. The molecule has 0 radical (unpaired) electrons. The molecule has 0 aliphatic carbocycles. The molecule has 12 heavy (non-hydrogen) atoms. The molecule has 6 heteroatoms. The summed E-state index contributed by atoms with van der Waals surface area (Å²) in [5.41, 5.74) is 0. The van der Waals surface area contributed by atoms with Gasteiger partial charge in [-0.3, -0.25) is 0 Å². The van der Waals surface area contributed by atoms with Gasteiger partial charge in [0.05, 0.1) is 19.3 Å². The van der Waals surface area contributed by atoms with Crippen LogP contribution in [0.3, 0.4) is 0 Å². The van der Waals surface area contributed by atoms with Gasteiger partial charge in [0.15, 0.2) is 0 Å². The molecule has 68 valence electrons. The van der Waals surface area contributed by atoms with Crippen LogP contribution >= 0.6 is 11.5 Å². The fourth-order valence-electron chi connectivity index (χ4n) is 0.679. The Bertz CT molecular complexity index is 236. The smallest absolute Gasteiger partial charge is 0.202 e. The van der Waals surface area contributed by atoms with Gasteiger partial charge in [-0.1, -0.05) is 0 Å². The molecular weight excluding hydrogens is 178 g/mol. The predicted octanol–water partition coefficient (Wildman–Crippen LogP) is -0.388. The van der Waals surface area contributed by atoms with Gasteiger partial charge >= 0.3 is 0 Å². The molecule has 0 bridgehead atoms. The Labute approximate surface area is 74.3 Å². The van der Waals surface area contributed by atoms with E-state index in [0.717, 1.165) is 0 Å². The van der Waals surface area contributed by atoms with Crippen molar-refractivity contribution < 1.29 is 10.2 Å². The maximum Gasteiger partial charge on any atom is 0.202 e. The average molecular weight is 189 g/mol. The zero-order chi connectivity index (χ0) is 8.97. The van der Waals surface area contributed by atoms with Crippen molar-refractivity contribution in [3.63, 3.8) is 0 Å². The van der Waals surface area contributed by atoms with Crippen molar-refractivity contribution in [2.24, 2.45) is 0 Å². The highest BCUT2D eigenvalue weighted by Gasteiger charge is 2.07. The summed E-state index contributed by atoms with van der Waals surface area (Å²) in [7, 11) is 0. The molecular formula is C6H11N3O2S. The molecule has 0 aromatic carbocycles. The third-order valence-corrected chi connectivity index (χ3v) is 2.03. The summed E-state index contributed by atoms with van der Waals surface area (Å²) >= 11 is 1.21. The molecule has 0 fully saturated rings. The van der Waals surface area contributed by atoms with Gasteiger partial charge in [-0.15, -0.1) is 0 Å². The zero-order valence-corrected chi connectivity index (χ0v) is 7.51. The van der Waals surface area contributed by atoms with Gasteiger partial charge in [-0.25, -0.2) is 4.98 Å². The molecule has 3 N–H and O–H groups in total. The van der Waals surface area contributed by atoms with Crippen molar-refractivity contribution in [2.45, 2.75) is 13.0 Å². The molecule has 1 aromatic heterocycles. The van der Waals surface area contributed by atoms with Gasteiger partial charge in [0.25, 0.3) is 0 Å². The van der Waals surface area contributed by atoms with Gasteiger partial charge in [0.1, 0.15) is 5.82 Å². The first-order chi connectivity index (χ1) is 5.76. The van der Waals surface area contributed by atoms with Crippen LogP contribution in [0.15, 0.2) is 0 Å². The highest BCUT2D eigenvalue weighted by Crippen LogP contribution is 2.10. The van der Waals surface area contributed by atoms with Gasteiger partial charge in [-0.05, 0) is 6.92 Å². The molecule has 1 heterocycles. The van der Waals surface area contributed by atoms with E-state index >= 15 is 0 Å². The van der Waals surface area contributed by atoms with Crippen molar-refractivity contribution in [2.75, 3.05) is 18.5 Å². The SMILES string of the molecule is Cc1nsc(NC(CO)CO)n1. The van der Waals surface area contributed by atoms with Crippen LogP contribution < -0.4 is 5.32 Å². The maximum atomic E-state index is 8.73. The summed E-state index contributed by atoms with van der Waals surface area (Å²) in [6.45, 7) is 1.55. The van der Waals surface area contributed by atoms with Crippen molar-refractivity contribution in [3.05, 3.63) is 5.82 Å². The quantitative estimate of drug-likeness (QED) is 0.601. The summed E-state index contributed by atoms with van der Waals surface area (Å²) in [4.78, 5) is 4.02. The van der Waals surface area contributed by atoms with E-state index in [1.165, 1.54) is 11.5 Å². The highest BCUT2D eigenvalue weighted by atomic mass is 32.1. The van der Waals surface area contributed by atoms with Crippen LogP contribution in [-0.2, 0) is 0 Å². The molecule has 0 saturated heterocycles. The largest absolute Gasteiger partial charge is 0.394 e. The van der Waals surface area contributed by atoms with Crippen LogP contribution in [0.25, 0.3) is 0 Å². The lowest BCUT2D eigenvalue weighted by Gasteiger charge is -2.10. The summed E-state index contributed by atoms with van der Waals surface area (Å²) in [6.07, 6.45) is 0. The van der Waals surface area contributed by atoms with Gasteiger partial charge in [-0.2, -0.15) is 4.37 Å². The van der Waals surface area contributed by atoms with E-state index in [4.69, 9.17) is 10.2 Å². The van der Waals surface area contributed by atoms with Crippen LogP contribution in [0.1, 0.15) is 5.82 Å². The first-order valence-electron chi connectivity index (χ1n) is 3.55. The number of anilines is 1. The van der Waals surface area contributed by atoms with E-state index in [-0.39, 0.29) is 19.3 Å². The normalized spacial score (nSPS) is 10.7. The fraction of sp³-hybridized carbons (Fsp3) is 0.667. The van der Waals surface area contributed by atoms with Crippen LogP contribution in [0, 0.1) is 6.92 Å². The van der Waals surface area contributed by atoms with E-state index in [2.05, 4.69) is 14.7 Å². The standard InChI is InChI=1S/C6H11N3O2S/c1-4-7-6(12-9-4)8-5(2-10)3-11/h5,10-11H,2-3H2,1H3,(H,7,8,9). The lowest BCUT2D eigenvalue weighted by atomic mass is 10.3. The number of aryl methyl sites for hydroxylation is 1. The fourth-order valence-corrected chi connectivity index (χ4v) is 1.33. The van der Waals surface area contributed by atoms with E-state index in [0.29, 0.717) is 11.0 Å². The first-order valence-corrected chi connectivity index (χ1v) is 4.32. The van der Waals surface area contributed by atoms with Crippen LogP contribution in [-0.4, -0.2) is 38.8 Å². The molecule has 0 unspecified atom stereocenters. The van der Waals surface area contributed by atoms with Crippen LogP contribution in [0.5, 0.6) is 0 Å². The summed E-state index contributed by atoms with van der Waals surface area (Å²) in [5.74, 6) is 0.692. The monoisotopic (exact) mass is 189 g/mol. The van der Waals surface area contributed by atoms with Gasteiger partial charge in [0.2, 0.25) is 5.13 Å². The molecule has 0 amide bonds. The molecule has 0 atom stereocenters.